The number of hydrogen-bond donors (Lipinski definition) is 1. The first-order chi connectivity index (χ1) is 7.69. The summed E-state index contributed by atoms with van der Waals surface area (Å²) in [6.07, 6.45) is 2.45. The van der Waals surface area contributed by atoms with Crippen molar-refractivity contribution < 1.29 is 4.74 Å². The molecule has 0 aliphatic carbocycles. The highest BCUT2D eigenvalue weighted by molar-refractivity contribution is 9.10. The van der Waals surface area contributed by atoms with Crippen molar-refractivity contribution in [2.24, 2.45) is 0 Å². The number of piperidine rings is 1. The van der Waals surface area contributed by atoms with Crippen LogP contribution in [0.2, 0.25) is 0 Å². The van der Waals surface area contributed by atoms with Crippen LogP contribution in [0, 0.1) is 0 Å². The largest absolute Gasteiger partial charge is 0.383 e. The van der Waals surface area contributed by atoms with E-state index in [4.69, 9.17) is 10.5 Å². The molecule has 88 valence electrons. The third-order valence-electron chi connectivity index (χ3n) is 2.70. The molecule has 0 saturated carbocycles. The van der Waals surface area contributed by atoms with Gasteiger partial charge in [-0.3, -0.25) is 0 Å². The van der Waals surface area contributed by atoms with Gasteiger partial charge in [0.05, 0.1) is 6.10 Å². The van der Waals surface area contributed by atoms with E-state index >= 15 is 0 Å². The van der Waals surface area contributed by atoms with Crippen LogP contribution in [0.5, 0.6) is 0 Å². The molecule has 1 aliphatic heterocycles. The number of hydrogen-bond acceptors (Lipinski definition) is 5. The fourth-order valence-electron chi connectivity index (χ4n) is 1.88. The quantitative estimate of drug-likeness (QED) is 0.834. The molecule has 6 heteroatoms. The van der Waals surface area contributed by atoms with E-state index in [0.717, 1.165) is 30.5 Å². The predicted octanol–water partition coefficient (Wildman–Crippen LogP) is 1.44. The van der Waals surface area contributed by atoms with Gasteiger partial charge in [0.1, 0.15) is 10.4 Å². The molecule has 1 atom stereocenters. The van der Waals surface area contributed by atoms with Crippen molar-refractivity contribution in [3.8, 4) is 0 Å². The highest BCUT2D eigenvalue weighted by atomic mass is 79.9. The van der Waals surface area contributed by atoms with Gasteiger partial charge in [0.15, 0.2) is 0 Å². The van der Waals surface area contributed by atoms with E-state index in [9.17, 15) is 0 Å². The topological polar surface area (TPSA) is 64.3 Å². The van der Waals surface area contributed by atoms with E-state index in [0.29, 0.717) is 11.8 Å². The molecule has 2 rings (SSSR count). The normalized spacial score (nSPS) is 21.1. The summed E-state index contributed by atoms with van der Waals surface area (Å²) in [5.41, 5.74) is 5.69. The van der Waals surface area contributed by atoms with Gasteiger partial charge in [-0.05, 0) is 28.8 Å². The van der Waals surface area contributed by atoms with Gasteiger partial charge < -0.3 is 15.4 Å². The molecule has 1 aliphatic rings. The minimum atomic E-state index is 0.262. The summed E-state index contributed by atoms with van der Waals surface area (Å²) >= 11 is 3.32. The molecule has 0 spiro atoms. The second-order valence-electron chi connectivity index (χ2n) is 3.86. The molecule has 2 heterocycles. The minimum absolute atomic E-state index is 0.262. The summed E-state index contributed by atoms with van der Waals surface area (Å²) in [6.45, 7) is 1.78. The van der Waals surface area contributed by atoms with Gasteiger partial charge >= 0.3 is 0 Å². The molecule has 1 aromatic heterocycles. The van der Waals surface area contributed by atoms with Gasteiger partial charge in [-0.15, -0.1) is 0 Å². The highest BCUT2D eigenvalue weighted by Gasteiger charge is 2.21. The molecule has 0 aromatic carbocycles. The zero-order valence-electron chi connectivity index (χ0n) is 9.19. The van der Waals surface area contributed by atoms with Crippen molar-refractivity contribution in [1.82, 2.24) is 9.97 Å². The Kier molecular flexibility index (Phi) is 3.60. The Morgan fingerprint density at radius 1 is 1.56 bits per heavy atom. The van der Waals surface area contributed by atoms with Gasteiger partial charge in [-0.2, -0.15) is 4.98 Å². The van der Waals surface area contributed by atoms with Crippen LogP contribution in [0.1, 0.15) is 12.8 Å². The molecule has 1 aromatic rings. The van der Waals surface area contributed by atoms with Gasteiger partial charge in [0, 0.05) is 26.3 Å². The second-order valence-corrected chi connectivity index (χ2v) is 4.67. The molecule has 5 nitrogen and oxygen atoms in total. The van der Waals surface area contributed by atoms with Crippen molar-refractivity contribution in [3.63, 3.8) is 0 Å². The standard InChI is InChI=1S/C10H15BrN4O/c1-16-7-3-2-4-15(6-7)10-13-8(11)5-9(12)14-10/h5,7H,2-4,6H2,1H3,(H2,12,13,14). The zero-order chi connectivity index (χ0) is 11.5. The van der Waals surface area contributed by atoms with Crippen molar-refractivity contribution in [1.29, 1.82) is 0 Å². The fraction of sp³-hybridized carbons (Fsp3) is 0.600. The summed E-state index contributed by atoms with van der Waals surface area (Å²) < 4.78 is 6.08. The number of aromatic nitrogens is 2. The first kappa shape index (κ1) is 11.6. The van der Waals surface area contributed by atoms with E-state index < -0.39 is 0 Å². The van der Waals surface area contributed by atoms with Gasteiger partial charge in [-0.25, -0.2) is 4.98 Å². The molecule has 0 bridgehead atoms. The maximum atomic E-state index is 5.69. The van der Waals surface area contributed by atoms with Crippen LogP contribution in [-0.2, 0) is 4.74 Å². The molecule has 2 N–H and O–H groups in total. The lowest BCUT2D eigenvalue weighted by Gasteiger charge is -2.31. The molecular formula is C10H15BrN4O. The minimum Gasteiger partial charge on any atom is -0.383 e. The van der Waals surface area contributed by atoms with Crippen molar-refractivity contribution in [3.05, 3.63) is 10.7 Å². The molecule has 1 fully saturated rings. The number of methoxy groups -OCH3 is 1. The number of halogens is 1. The Bertz CT molecular complexity index is 354. The highest BCUT2D eigenvalue weighted by Crippen LogP contribution is 2.20. The number of nitrogen functional groups attached to an aromatic ring is 1. The lowest BCUT2D eigenvalue weighted by Crippen LogP contribution is -2.40. The molecule has 16 heavy (non-hydrogen) atoms. The lowest BCUT2D eigenvalue weighted by atomic mass is 10.1. The lowest BCUT2D eigenvalue weighted by molar-refractivity contribution is 0.0889. The Morgan fingerprint density at radius 2 is 2.38 bits per heavy atom. The molecule has 0 amide bonds. The average Bonchev–Trinajstić information content (AvgIpc) is 2.28. The first-order valence-corrected chi connectivity index (χ1v) is 6.06. The van der Waals surface area contributed by atoms with E-state index in [1.54, 1.807) is 13.2 Å². The van der Waals surface area contributed by atoms with E-state index in [1.807, 2.05) is 0 Å². The number of nitrogens with zero attached hydrogens (tertiary/aromatic N) is 3. The Balaban J connectivity index is 2.16. The number of rotatable bonds is 2. The van der Waals surface area contributed by atoms with Crippen LogP contribution in [0.15, 0.2) is 10.7 Å². The monoisotopic (exact) mass is 286 g/mol. The first-order valence-electron chi connectivity index (χ1n) is 5.27. The molecule has 1 saturated heterocycles. The van der Waals surface area contributed by atoms with Crippen LogP contribution in [-0.4, -0.2) is 36.3 Å². The maximum Gasteiger partial charge on any atom is 0.228 e. The average molecular weight is 287 g/mol. The number of nitrogens with two attached hydrogens (primary N) is 1. The van der Waals surface area contributed by atoms with Crippen molar-refractivity contribution >= 4 is 27.7 Å². The SMILES string of the molecule is COC1CCCN(c2nc(N)cc(Br)n2)C1. The zero-order valence-corrected chi connectivity index (χ0v) is 10.8. The molecule has 1 unspecified atom stereocenters. The Morgan fingerprint density at radius 3 is 3.06 bits per heavy atom. The Labute approximate surface area is 103 Å². The van der Waals surface area contributed by atoms with Gasteiger partial charge in [-0.1, -0.05) is 0 Å². The molecule has 0 radical (unpaired) electrons. The van der Waals surface area contributed by atoms with E-state index in [2.05, 4.69) is 30.8 Å². The van der Waals surface area contributed by atoms with Crippen LogP contribution in [0.3, 0.4) is 0 Å². The summed E-state index contributed by atoms with van der Waals surface area (Å²) in [5.74, 6) is 1.16. The third kappa shape index (κ3) is 2.62. The van der Waals surface area contributed by atoms with Crippen LogP contribution in [0.4, 0.5) is 11.8 Å². The van der Waals surface area contributed by atoms with E-state index in [-0.39, 0.29) is 6.10 Å². The van der Waals surface area contributed by atoms with Crippen molar-refractivity contribution in [2.75, 3.05) is 30.8 Å². The summed E-state index contributed by atoms with van der Waals surface area (Å²) in [7, 11) is 1.74. The summed E-state index contributed by atoms with van der Waals surface area (Å²) in [4.78, 5) is 10.7. The number of anilines is 2. The molecular weight excluding hydrogens is 272 g/mol. The smallest absolute Gasteiger partial charge is 0.228 e. The maximum absolute atomic E-state index is 5.69. The number of ether oxygens (including phenoxy) is 1. The van der Waals surface area contributed by atoms with Gasteiger partial charge in [0.25, 0.3) is 0 Å². The van der Waals surface area contributed by atoms with Crippen molar-refractivity contribution in [2.45, 2.75) is 18.9 Å². The fourth-order valence-corrected chi connectivity index (χ4v) is 2.27. The Hall–Kier alpha value is -0.880. The third-order valence-corrected chi connectivity index (χ3v) is 3.10. The van der Waals surface area contributed by atoms with E-state index in [1.165, 1.54) is 0 Å². The van der Waals surface area contributed by atoms with Crippen LogP contribution >= 0.6 is 15.9 Å². The summed E-state index contributed by atoms with van der Waals surface area (Å²) in [5, 5.41) is 0. The van der Waals surface area contributed by atoms with Crippen LogP contribution in [0.25, 0.3) is 0 Å². The van der Waals surface area contributed by atoms with Crippen LogP contribution < -0.4 is 10.6 Å². The predicted molar refractivity (Wildman–Crippen MR) is 66.4 cm³/mol. The summed E-state index contributed by atoms with van der Waals surface area (Å²) in [6, 6.07) is 1.70. The van der Waals surface area contributed by atoms with Gasteiger partial charge in [0.2, 0.25) is 5.95 Å². The second kappa shape index (κ2) is 4.97.